The summed E-state index contributed by atoms with van der Waals surface area (Å²) in [6.07, 6.45) is 0.835. The van der Waals surface area contributed by atoms with Crippen molar-refractivity contribution < 1.29 is 4.79 Å². The van der Waals surface area contributed by atoms with Crippen molar-refractivity contribution in [3.63, 3.8) is 0 Å². The fourth-order valence-electron chi connectivity index (χ4n) is 2.47. The zero-order valence-electron chi connectivity index (χ0n) is 14.7. The normalized spacial score (nSPS) is 10.7. The van der Waals surface area contributed by atoms with Crippen molar-refractivity contribution in [3.8, 4) is 11.3 Å². The number of nitrogens with one attached hydrogen (secondary N) is 1. The quantitative estimate of drug-likeness (QED) is 0.723. The minimum Gasteiger partial charge on any atom is -0.302 e. The molecule has 0 radical (unpaired) electrons. The Labute approximate surface area is 155 Å². The number of thiazole rings is 1. The highest BCUT2D eigenvalue weighted by molar-refractivity contribution is 7.13. The second kappa shape index (κ2) is 8.05. The first-order valence-electron chi connectivity index (χ1n) is 8.38. The molecular formula is C19H20N4O2S. The third kappa shape index (κ3) is 4.64. The van der Waals surface area contributed by atoms with E-state index >= 15 is 0 Å². The predicted molar refractivity (Wildman–Crippen MR) is 103 cm³/mol. The number of carbonyl (C=O) groups is 1. The topological polar surface area (TPSA) is 76.9 Å². The Balaban J connectivity index is 1.60. The van der Waals surface area contributed by atoms with Gasteiger partial charge in [0.25, 0.3) is 5.56 Å². The molecule has 3 rings (SSSR count). The molecule has 0 bridgehead atoms. The number of hydrogen-bond acceptors (Lipinski definition) is 5. The molecule has 2 heterocycles. The third-order valence-corrected chi connectivity index (χ3v) is 4.73. The van der Waals surface area contributed by atoms with Crippen LogP contribution in [0.1, 0.15) is 24.1 Å². The summed E-state index contributed by atoms with van der Waals surface area (Å²) in [5.41, 5.74) is 3.59. The molecule has 2 aromatic heterocycles. The first-order valence-corrected chi connectivity index (χ1v) is 9.26. The van der Waals surface area contributed by atoms with E-state index < -0.39 is 0 Å². The van der Waals surface area contributed by atoms with E-state index in [4.69, 9.17) is 0 Å². The molecule has 26 heavy (non-hydrogen) atoms. The molecule has 0 aliphatic heterocycles. The van der Waals surface area contributed by atoms with Crippen molar-refractivity contribution in [2.75, 3.05) is 5.32 Å². The molecule has 0 aliphatic rings. The zero-order valence-corrected chi connectivity index (χ0v) is 15.5. The third-order valence-electron chi connectivity index (χ3n) is 3.85. The van der Waals surface area contributed by atoms with Crippen molar-refractivity contribution in [2.24, 2.45) is 0 Å². The summed E-state index contributed by atoms with van der Waals surface area (Å²) in [5, 5.41) is 9.67. The van der Waals surface area contributed by atoms with Crippen LogP contribution in [0, 0.1) is 13.8 Å². The molecule has 0 saturated heterocycles. The van der Waals surface area contributed by atoms with Crippen molar-refractivity contribution >= 4 is 22.4 Å². The average Bonchev–Trinajstić information content (AvgIpc) is 3.02. The second-order valence-electron chi connectivity index (χ2n) is 6.09. The van der Waals surface area contributed by atoms with Crippen molar-refractivity contribution in [3.05, 3.63) is 63.4 Å². The molecule has 1 aromatic carbocycles. The fraction of sp³-hybridized carbons (Fsp3) is 0.263. The Morgan fingerprint density at radius 3 is 2.62 bits per heavy atom. The summed E-state index contributed by atoms with van der Waals surface area (Å²) >= 11 is 1.40. The van der Waals surface area contributed by atoms with Gasteiger partial charge in [-0.25, -0.2) is 9.67 Å². The first kappa shape index (κ1) is 18.0. The number of carbonyl (C=O) groups excluding carboxylic acids is 1. The zero-order chi connectivity index (χ0) is 18.5. The number of benzene rings is 1. The maximum Gasteiger partial charge on any atom is 0.266 e. The van der Waals surface area contributed by atoms with Crippen LogP contribution < -0.4 is 10.9 Å². The van der Waals surface area contributed by atoms with Gasteiger partial charge in [0.2, 0.25) is 5.91 Å². The Kier molecular flexibility index (Phi) is 5.58. The van der Waals surface area contributed by atoms with Crippen molar-refractivity contribution in [1.29, 1.82) is 0 Å². The molecular weight excluding hydrogens is 348 g/mol. The van der Waals surface area contributed by atoms with Gasteiger partial charge in [-0.05, 0) is 26.3 Å². The summed E-state index contributed by atoms with van der Waals surface area (Å²) in [6.45, 7) is 4.30. The predicted octanol–water partition coefficient (Wildman–Crippen LogP) is 3.40. The largest absolute Gasteiger partial charge is 0.302 e. The van der Waals surface area contributed by atoms with Crippen LogP contribution in [0.4, 0.5) is 5.13 Å². The molecule has 0 aliphatic carbocycles. The molecule has 0 saturated carbocycles. The number of rotatable bonds is 6. The molecule has 6 nitrogen and oxygen atoms in total. The number of nitrogens with zero attached hydrogens (tertiary/aromatic N) is 3. The Morgan fingerprint density at radius 1 is 1.15 bits per heavy atom. The molecule has 0 spiro atoms. The van der Waals surface area contributed by atoms with E-state index in [1.807, 2.05) is 43.5 Å². The Hall–Kier alpha value is -2.80. The number of hydrogen-bond donors (Lipinski definition) is 1. The summed E-state index contributed by atoms with van der Waals surface area (Å²) in [6, 6.07) is 11.2. The van der Waals surface area contributed by atoms with Crippen LogP contribution in [0.25, 0.3) is 11.3 Å². The van der Waals surface area contributed by atoms with Gasteiger partial charge in [0.1, 0.15) is 0 Å². The van der Waals surface area contributed by atoms with Crippen LogP contribution in [0.15, 0.2) is 46.6 Å². The lowest BCUT2D eigenvalue weighted by molar-refractivity contribution is -0.116. The van der Waals surface area contributed by atoms with E-state index in [1.165, 1.54) is 27.6 Å². The van der Waals surface area contributed by atoms with E-state index in [0.717, 1.165) is 17.0 Å². The van der Waals surface area contributed by atoms with Gasteiger partial charge < -0.3 is 5.32 Å². The van der Waals surface area contributed by atoms with Gasteiger partial charge in [0.05, 0.1) is 11.4 Å². The molecule has 7 heteroatoms. The summed E-state index contributed by atoms with van der Waals surface area (Å²) in [7, 11) is 0. The smallest absolute Gasteiger partial charge is 0.266 e. The van der Waals surface area contributed by atoms with E-state index in [2.05, 4.69) is 15.4 Å². The number of aromatic nitrogens is 3. The SMILES string of the molecule is Cc1ccc(-c2ccc(=O)n(CCCC(=O)Nc3nc(C)cs3)n2)cc1. The lowest BCUT2D eigenvalue weighted by Crippen LogP contribution is -2.23. The van der Waals surface area contributed by atoms with Crippen LogP contribution in [0.3, 0.4) is 0 Å². The highest BCUT2D eigenvalue weighted by Gasteiger charge is 2.07. The molecule has 134 valence electrons. The molecule has 1 N–H and O–H groups in total. The Bertz CT molecular complexity index is 960. The van der Waals surface area contributed by atoms with E-state index in [9.17, 15) is 9.59 Å². The van der Waals surface area contributed by atoms with E-state index in [1.54, 1.807) is 6.07 Å². The van der Waals surface area contributed by atoms with Gasteiger partial charge in [-0.2, -0.15) is 5.10 Å². The van der Waals surface area contributed by atoms with Gasteiger partial charge in [0.15, 0.2) is 5.13 Å². The van der Waals surface area contributed by atoms with Crippen molar-refractivity contribution in [1.82, 2.24) is 14.8 Å². The van der Waals surface area contributed by atoms with Crippen LogP contribution in [-0.4, -0.2) is 20.7 Å². The van der Waals surface area contributed by atoms with Crippen LogP contribution >= 0.6 is 11.3 Å². The average molecular weight is 368 g/mol. The van der Waals surface area contributed by atoms with Gasteiger partial charge >= 0.3 is 0 Å². The molecule has 0 fully saturated rings. The van der Waals surface area contributed by atoms with Crippen molar-refractivity contribution in [2.45, 2.75) is 33.2 Å². The highest BCUT2D eigenvalue weighted by atomic mass is 32.1. The highest BCUT2D eigenvalue weighted by Crippen LogP contribution is 2.16. The lowest BCUT2D eigenvalue weighted by Gasteiger charge is -2.07. The number of amides is 1. The maximum atomic E-state index is 12.0. The first-order chi connectivity index (χ1) is 12.5. The molecule has 3 aromatic rings. The lowest BCUT2D eigenvalue weighted by atomic mass is 10.1. The van der Waals surface area contributed by atoms with E-state index in [-0.39, 0.29) is 11.5 Å². The summed E-state index contributed by atoms with van der Waals surface area (Å²) in [5.74, 6) is -0.109. The van der Waals surface area contributed by atoms with Gasteiger partial charge in [0, 0.05) is 30.0 Å². The van der Waals surface area contributed by atoms with E-state index in [0.29, 0.717) is 24.5 Å². The van der Waals surface area contributed by atoms with Gasteiger partial charge in [-0.1, -0.05) is 29.8 Å². The maximum absolute atomic E-state index is 12.0. The minimum absolute atomic E-state index is 0.109. The molecule has 0 unspecified atom stereocenters. The fourth-order valence-corrected chi connectivity index (χ4v) is 3.17. The van der Waals surface area contributed by atoms with Gasteiger partial charge in [-0.15, -0.1) is 11.3 Å². The van der Waals surface area contributed by atoms with Crippen LogP contribution in [0.5, 0.6) is 0 Å². The van der Waals surface area contributed by atoms with Gasteiger partial charge in [-0.3, -0.25) is 9.59 Å². The monoisotopic (exact) mass is 368 g/mol. The number of aryl methyl sites for hydroxylation is 3. The summed E-state index contributed by atoms with van der Waals surface area (Å²) in [4.78, 5) is 28.2. The second-order valence-corrected chi connectivity index (χ2v) is 6.95. The summed E-state index contributed by atoms with van der Waals surface area (Å²) < 4.78 is 1.41. The standard InChI is InChI=1S/C19H20N4O2S/c1-13-5-7-15(8-6-13)16-9-10-18(25)23(22-16)11-3-4-17(24)21-19-20-14(2)12-26-19/h5-10,12H,3-4,11H2,1-2H3,(H,20,21,24). The van der Waals surface area contributed by atoms with Crippen LogP contribution in [-0.2, 0) is 11.3 Å². The minimum atomic E-state index is -0.170. The molecule has 0 atom stereocenters. The Morgan fingerprint density at radius 2 is 1.92 bits per heavy atom. The number of anilines is 1. The van der Waals surface area contributed by atoms with Crippen LogP contribution in [0.2, 0.25) is 0 Å². The molecule has 1 amide bonds.